The Hall–Kier alpha value is -3.56. The number of furan rings is 1. The minimum Gasteiger partial charge on any atom is -0.483 e. The summed E-state index contributed by atoms with van der Waals surface area (Å²) in [4.78, 5) is 12.1. The fourth-order valence-corrected chi connectivity index (χ4v) is 2.25. The first kappa shape index (κ1) is 20.2. The zero-order chi connectivity index (χ0) is 21.0. The van der Waals surface area contributed by atoms with Crippen LogP contribution in [0.1, 0.15) is 16.3 Å². The highest BCUT2D eigenvalue weighted by Gasteiger charge is 2.31. The Bertz CT molecular complexity index is 999. The molecule has 5 nitrogen and oxygen atoms in total. The Morgan fingerprint density at radius 1 is 1.00 bits per heavy atom. The molecule has 3 rings (SSSR count). The Balaban J connectivity index is 1.57. The standard InChI is InChI=1S/C19H12F5NO4/c20-11-1-7-16(15(21)9-11)27-10-14-6-8-17(28-14)18(26)25-12-2-4-13(5-3-12)29-19(22,23)24/h1-9H,10H2,(H,25,26). The molecule has 0 atom stereocenters. The largest absolute Gasteiger partial charge is 0.573 e. The second kappa shape index (κ2) is 8.21. The number of nitrogens with one attached hydrogen (secondary N) is 1. The highest BCUT2D eigenvalue weighted by Crippen LogP contribution is 2.24. The van der Waals surface area contributed by atoms with Crippen molar-refractivity contribution in [3.05, 3.63) is 77.8 Å². The van der Waals surface area contributed by atoms with Crippen molar-refractivity contribution in [2.75, 3.05) is 5.32 Å². The molecule has 0 bridgehead atoms. The van der Waals surface area contributed by atoms with Crippen LogP contribution in [-0.2, 0) is 6.61 Å². The van der Waals surface area contributed by atoms with E-state index in [2.05, 4.69) is 10.1 Å². The van der Waals surface area contributed by atoms with Crippen LogP contribution in [-0.4, -0.2) is 12.3 Å². The lowest BCUT2D eigenvalue weighted by molar-refractivity contribution is -0.274. The monoisotopic (exact) mass is 413 g/mol. The van der Waals surface area contributed by atoms with Crippen LogP contribution in [0.15, 0.2) is 59.0 Å². The van der Waals surface area contributed by atoms with E-state index in [1.54, 1.807) is 0 Å². The van der Waals surface area contributed by atoms with Crippen LogP contribution in [0, 0.1) is 11.6 Å². The molecule has 1 heterocycles. The van der Waals surface area contributed by atoms with Crippen LogP contribution in [0.5, 0.6) is 11.5 Å². The molecular weight excluding hydrogens is 401 g/mol. The molecule has 1 aromatic heterocycles. The Kier molecular flexibility index (Phi) is 5.71. The highest BCUT2D eigenvalue weighted by atomic mass is 19.4. The summed E-state index contributed by atoms with van der Waals surface area (Å²) in [5.74, 6) is -2.80. The number of anilines is 1. The zero-order valence-electron chi connectivity index (χ0n) is 14.4. The lowest BCUT2D eigenvalue weighted by Gasteiger charge is -2.09. The molecule has 1 amide bonds. The summed E-state index contributed by atoms with van der Waals surface area (Å²) < 4.78 is 77.0. The van der Waals surface area contributed by atoms with Crippen LogP contribution in [0.2, 0.25) is 0 Å². The number of amides is 1. The molecule has 0 saturated heterocycles. The number of rotatable bonds is 6. The van der Waals surface area contributed by atoms with Gasteiger partial charge in [-0.15, -0.1) is 13.2 Å². The van der Waals surface area contributed by atoms with Gasteiger partial charge in [-0.05, 0) is 48.5 Å². The van der Waals surface area contributed by atoms with Crippen molar-refractivity contribution >= 4 is 11.6 Å². The number of carbonyl (C=O) groups is 1. The van der Waals surface area contributed by atoms with Gasteiger partial charge >= 0.3 is 6.36 Å². The smallest absolute Gasteiger partial charge is 0.483 e. The maximum absolute atomic E-state index is 13.5. The van der Waals surface area contributed by atoms with Crippen LogP contribution in [0.25, 0.3) is 0 Å². The average Bonchev–Trinajstić information content (AvgIpc) is 3.10. The molecule has 0 aliphatic carbocycles. The van der Waals surface area contributed by atoms with Crippen molar-refractivity contribution in [2.24, 2.45) is 0 Å². The lowest BCUT2D eigenvalue weighted by atomic mass is 10.3. The molecule has 0 spiro atoms. The third-order valence-electron chi connectivity index (χ3n) is 3.50. The van der Waals surface area contributed by atoms with Gasteiger partial charge in [0.15, 0.2) is 17.3 Å². The zero-order valence-corrected chi connectivity index (χ0v) is 14.4. The number of hydrogen-bond donors (Lipinski definition) is 1. The normalized spacial score (nSPS) is 11.2. The fraction of sp³-hybridized carbons (Fsp3) is 0.105. The molecule has 152 valence electrons. The number of carbonyl (C=O) groups excluding carboxylic acids is 1. The third-order valence-corrected chi connectivity index (χ3v) is 3.50. The van der Waals surface area contributed by atoms with Crippen LogP contribution < -0.4 is 14.8 Å². The summed E-state index contributed by atoms with van der Waals surface area (Å²) >= 11 is 0. The Morgan fingerprint density at radius 2 is 1.72 bits per heavy atom. The summed E-state index contributed by atoms with van der Waals surface area (Å²) in [5, 5.41) is 2.44. The molecule has 0 aliphatic heterocycles. The predicted octanol–water partition coefficient (Wildman–Crippen LogP) is 5.29. The van der Waals surface area contributed by atoms with E-state index in [0.717, 1.165) is 24.3 Å². The second-order valence-corrected chi connectivity index (χ2v) is 5.66. The maximum Gasteiger partial charge on any atom is 0.573 e. The molecule has 0 aliphatic rings. The van der Waals surface area contributed by atoms with Crippen molar-refractivity contribution in [2.45, 2.75) is 13.0 Å². The van der Waals surface area contributed by atoms with Gasteiger partial charge < -0.3 is 19.2 Å². The SMILES string of the molecule is O=C(Nc1ccc(OC(F)(F)F)cc1)c1ccc(COc2ccc(F)cc2F)o1. The number of benzene rings is 2. The first-order valence-electron chi connectivity index (χ1n) is 8.03. The quantitative estimate of drug-likeness (QED) is 0.558. The highest BCUT2D eigenvalue weighted by molar-refractivity contribution is 6.02. The Labute approximate surface area is 160 Å². The maximum atomic E-state index is 13.5. The fourth-order valence-electron chi connectivity index (χ4n) is 2.25. The van der Waals surface area contributed by atoms with E-state index >= 15 is 0 Å². The molecule has 0 saturated carbocycles. The molecule has 2 aromatic carbocycles. The van der Waals surface area contributed by atoms with Crippen molar-refractivity contribution in [1.29, 1.82) is 0 Å². The van der Waals surface area contributed by atoms with E-state index in [1.165, 1.54) is 24.3 Å². The van der Waals surface area contributed by atoms with E-state index in [-0.39, 0.29) is 29.6 Å². The Morgan fingerprint density at radius 3 is 2.38 bits per heavy atom. The number of alkyl halides is 3. The first-order valence-corrected chi connectivity index (χ1v) is 8.03. The second-order valence-electron chi connectivity index (χ2n) is 5.66. The molecule has 29 heavy (non-hydrogen) atoms. The number of ether oxygens (including phenoxy) is 2. The minimum absolute atomic E-state index is 0.0983. The van der Waals surface area contributed by atoms with Gasteiger partial charge in [0.05, 0.1) is 0 Å². The van der Waals surface area contributed by atoms with Gasteiger partial charge in [-0.2, -0.15) is 0 Å². The summed E-state index contributed by atoms with van der Waals surface area (Å²) in [7, 11) is 0. The van der Waals surface area contributed by atoms with Crippen LogP contribution in [0.3, 0.4) is 0 Å². The average molecular weight is 413 g/mol. The number of hydrogen-bond acceptors (Lipinski definition) is 4. The summed E-state index contributed by atoms with van der Waals surface area (Å²) in [5.41, 5.74) is 0.215. The van der Waals surface area contributed by atoms with Crippen molar-refractivity contribution in [1.82, 2.24) is 0 Å². The van der Waals surface area contributed by atoms with Gasteiger partial charge in [0.2, 0.25) is 0 Å². The number of halogens is 5. The van der Waals surface area contributed by atoms with E-state index < -0.39 is 29.7 Å². The van der Waals surface area contributed by atoms with E-state index in [1.807, 2.05) is 0 Å². The summed E-state index contributed by atoms with van der Waals surface area (Å²) in [6.45, 7) is -0.209. The van der Waals surface area contributed by atoms with Gasteiger partial charge in [0, 0.05) is 11.8 Å². The van der Waals surface area contributed by atoms with Crippen molar-refractivity contribution in [3.63, 3.8) is 0 Å². The summed E-state index contributed by atoms with van der Waals surface area (Å²) in [6.07, 6.45) is -4.81. The van der Waals surface area contributed by atoms with Gasteiger partial charge in [-0.3, -0.25) is 4.79 Å². The van der Waals surface area contributed by atoms with Crippen molar-refractivity contribution in [3.8, 4) is 11.5 Å². The molecule has 3 aromatic rings. The molecule has 10 heteroatoms. The molecule has 0 fully saturated rings. The lowest BCUT2D eigenvalue weighted by Crippen LogP contribution is -2.17. The third kappa shape index (κ3) is 5.71. The van der Waals surface area contributed by atoms with Gasteiger partial charge in [-0.1, -0.05) is 0 Å². The van der Waals surface area contributed by atoms with Gasteiger partial charge in [0.25, 0.3) is 5.91 Å². The van der Waals surface area contributed by atoms with Gasteiger partial charge in [0.1, 0.15) is 23.9 Å². The van der Waals surface area contributed by atoms with E-state index in [0.29, 0.717) is 6.07 Å². The van der Waals surface area contributed by atoms with Crippen molar-refractivity contribution < 1.29 is 40.6 Å². The van der Waals surface area contributed by atoms with Gasteiger partial charge in [-0.25, -0.2) is 8.78 Å². The molecule has 0 unspecified atom stereocenters. The van der Waals surface area contributed by atoms with E-state index in [9.17, 15) is 26.7 Å². The molecule has 0 radical (unpaired) electrons. The molecular formula is C19H12F5NO4. The minimum atomic E-state index is -4.81. The van der Waals surface area contributed by atoms with Crippen LogP contribution in [0.4, 0.5) is 27.6 Å². The topological polar surface area (TPSA) is 60.7 Å². The predicted molar refractivity (Wildman–Crippen MR) is 90.5 cm³/mol. The molecule has 1 N–H and O–H groups in total. The first-order chi connectivity index (χ1) is 13.7. The van der Waals surface area contributed by atoms with Crippen LogP contribution >= 0.6 is 0 Å². The van der Waals surface area contributed by atoms with E-state index in [4.69, 9.17) is 9.15 Å². The summed E-state index contributed by atoms with van der Waals surface area (Å²) in [6, 6.07) is 10.1.